The van der Waals surface area contributed by atoms with Crippen LogP contribution >= 0.6 is 22.7 Å². The fourth-order valence-electron chi connectivity index (χ4n) is 3.28. The standard InChI is InChI=1S/C19H29N5O2S2/c1-5-23(6-2)19-20-17-14(28-19)12-15(27-17)18(26)24-9-7-8-22(10-11-24)13-16(25)21(3)4/h12H,5-11,13H2,1-4H3. The highest BCUT2D eigenvalue weighted by molar-refractivity contribution is 7.29. The van der Waals surface area contributed by atoms with Crippen LogP contribution in [0.4, 0.5) is 5.13 Å². The van der Waals surface area contributed by atoms with Gasteiger partial charge in [0.25, 0.3) is 5.91 Å². The number of rotatable bonds is 6. The van der Waals surface area contributed by atoms with E-state index >= 15 is 0 Å². The number of amides is 2. The number of hydrogen-bond donors (Lipinski definition) is 0. The molecular formula is C19H29N5O2S2. The lowest BCUT2D eigenvalue weighted by atomic mass is 10.3. The number of carbonyl (C=O) groups excluding carboxylic acids is 2. The second-order valence-electron chi connectivity index (χ2n) is 7.16. The number of aromatic nitrogens is 1. The lowest BCUT2D eigenvalue weighted by molar-refractivity contribution is -0.129. The molecule has 1 aliphatic heterocycles. The van der Waals surface area contributed by atoms with Gasteiger partial charge < -0.3 is 14.7 Å². The Morgan fingerprint density at radius 3 is 2.50 bits per heavy atom. The minimum Gasteiger partial charge on any atom is -0.349 e. The number of nitrogens with zero attached hydrogens (tertiary/aromatic N) is 5. The zero-order chi connectivity index (χ0) is 20.3. The molecule has 2 aromatic heterocycles. The van der Waals surface area contributed by atoms with Crippen LogP contribution in [0.2, 0.25) is 0 Å². The zero-order valence-electron chi connectivity index (χ0n) is 17.1. The van der Waals surface area contributed by atoms with Crippen molar-refractivity contribution in [2.24, 2.45) is 0 Å². The normalized spacial score (nSPS) is 15.6. The fraction of sp³-hybridized carbons (Fsp3) is 0.632. The molecule has 3 rings (SSSR count). The van der Waals surface area contributed by atoms with Crippen molar-refractivity contribution in [3.05, 3.63) is 10.9 Å². The summed E-state index contributed by atoms with van der Waals surface area (Å²) >= 11 is 3.15. The summed E-state index contributed by atoms with van der Waals surface area (Å²) in [5.74, 6) is 0.189. The summed E-state index contributed by atoms with van der Waals surface area (Å²) < 4.78 is 1.09. The average molecular weight is 424 g/mol. The van der Waals surface area contributed by atoms with E-state index in [1.807, 2.05) is 11.0 Å². The van der Waals surface area contributed by atoms with Crippen LogP contribution in [-0.2, 0) is 4.79 Å². The first-order valence-corrected chi connectivity index (χ1v) is 11.4. The maximum atomic E-state index is 13.0. The van der Waals surface area contributed by atoms with E-state index < -0.39 is 0 Å². The molecule has 0 spiro atoms. The lowest BCUT2D eigenvalue weighted by Crippen LogP contribution is -2.39. The topological polar surface area (TPSA) is 60.0 Å². The summed E-state index contributed by atoms with van der Waals surface area (Å²) in [6.45, 7) is 9.51. The molecule has 3 heterocycles. The van der Waals surface area contributed by atoms with Crippen LogP contribution in [0.5, 0.6) is 0 Å². The molecule has 0 bridgehead atoms. The summed E-state index contributed by atoms with van der Waals surface area (Å²) in [4.78, 5) is 39.3. The molecule has 1 fully saturated rings. The second-order valence-corrected chi connectivity index (χ2v) is 9.20. The van der Waals surface area contributed by atoms with Crippen LogP contribution in [0.1, 0.15) is 29.9 Å². The monoisotopic (exact) mass is 423 g/mol. The smallest absolute Gasteiger partial charge is 0.264 e. The van der Waals surface area contributed by atoms with Gasteiger partial charge in [0.2, 0.25) is 5.91 Å². The molecule has 0 saturated carbocycles. The van der Waals surface area contributed by atoms with Crippen molar-refractivity contribution in [2.45, 2.75) is 20.3 Å². The summed E-state index contributed by atoms with van der Waals surface area (Å²) in [5, 5.41) is 1.03. The third-order valence-electron chi connectivity index (χ3n) is 5.06. The Labute approximate surface area is 174 Å². The van der Waals surface area contributed by atoms with Crippen molar-refractivity contribution >= 4 is 49.1 Å². The van der Waals surface area contributed by atoms with Gasteiger partial charge in [0, 0.05) is 53.4 Å². The van der Waals surface area contributed by atoms with E-state index in [0.29, 0.717) is 13.1 Å². The van der Waals surface area contributed by atoms with Crippen LogP contribution in [0.15, 0.2) is 6.07 Å². The van der Waals surface area contributed by atoms with Crippen molar-refractivity contribution in [2.75, 3.05) is 64.8 Å². The maximum absolute atomic E-state index is 13.0. The molecule has 0 N–H and O–H groups in total. The molecule has 28 heavy (non-hydrogen) atoms. The van der Waals surface area contributed by atoms with Crippen molar-refractivity contribution in [3.8, 4) is 0 Å². The molecule has 0 atom stereocenters. The molecule has 0 aliphatic carbocycles. The SMILES string of the molecule is CCN(CC)c1nc2sc(C(=O)N3CCCN(CC(=O)N(C)C)CC3)cc2s1. The van der Waals surface area contributed by atoms with E-state index in [0.717, 1.165) is 58.7 Å². The van der Waals surface area contributed by atoms with Gasteiger partial charge in [0.05, 0.1) is 16.1 Å². The number of anilines is 1. The van der Waals surface area contributed by atoms with Crippen LogP contribution < -0.4 is 4.90 Å². The summed E-state index contributed by atoms with van der Waals surface area (Å²) in [6.07, 6.45) is 0.885. The van der Waals surface area contributed by atoms with Gasteiger partial charge in [-0.3, -0.25) is 14.5 Å². The number of hydrogen-bond acceptors (Lipinski definition) is 7. The molecule has 1 aliphatic rings. The van der Waals surface area contributed by atoms with Crippen LogP contribution in [-0.4, -0.2) is 91.4 Å². The van der Waals surface area contributed by atoms with Gasteiger partial charge in [0.15, 0.2) is 5.13 Å². The van der Waals surface area contributed by atoms with Gasteiger partial charge in [-0.05, 0) is 26.3 Å². The molecule has 154 valence electrons. The van der Waals surface area contributed by atoms with E-state index in [1.165, 1.54) is 11.3 Å². The first-order valence-electron chi connectivity index (χ1n) is 9.80. The Morgan fingerprint density at radius 2 is 1.86 bits per heavy atom. The predicted octanol–water partition coefficient (Wildman–Crippen LogP) is 2.44. The fourth-order valence-corrected chi connectivity index (χ4v) is 5.59. The highest BCUT2D eigenvalue weighted by Crippen LogP contribution is 2.35. The van der Waals surface area contributed by atoms with Gasteiger partial charge in [-0.1, -0.05) is 11.3 Å². The van der Waals surface area contributed by atoms with Crippen molar-refractivity contribution in [3.63, 3.8) is 0 Å². The quantitative estimate of drug-likeness (QED) is 0.714. The molecule has 0 unspecified atom stereocenters. The minimum atomic E-state index is 0.0837. The van der Waals surface area contributed by atoms with Gasteiger partial charge in [-0.25, -0.2) is 4.98 Å². The number of thiazole rings is 1. The molecule has 2 aromatic rings. The molecule has 0 aromatic carbocycles. The first kappa shape index (κ1) is 21.0. The van der Waals surface area contributed by atoms with Crippen LogP contribution in [0.3, 0.4) is 0 Å². The third kappa shape index (κ3) is 4.64. The predicted molar refractivity (Wildman–Crippen MR) is 117 cm³/mol. The summed E-state index contributed by atoms with van der Waals surface area (Å²) in [6, 6.07) is 1.99. The summed E-state index contributed by atoms with van der Waals surface area (Å²) in [5.41, 5.74) is 0. The van der Waals surface area contributed by atoms with E-state index in [1.54, 1.807) is 30.3 Å². The minimum absolute atomic E-state index is 0.0837. The molecule has 9 heteroatoms. The highest BCUT2D eigenvalue weighted by atomic mass is 32.1. The van der Waals surface area contributed by atoms with Crippen molar-refractivity contribution < 1.29 is 9.59 Å². The van der Waals surface area contributed by atoms with Crippen molar-refractivity contribution in [1.82, 2.24) is 19.7 Å². The largest absolute Gasteiger partial charge is 0.349 e. The molecule has 1 saturated heterocycles. The average Bonchev–Trinajstić information content (AvgIpc) is 3.14. The molecule has 2 amide bonds. The van der Waals surface area contributed by atoms with Gasteiger partial charge in [-0.15, -0.1) is 11.3 Å². The molecule has 7 nitrogen and oxygen atoms in total. The molecular weight excluding hydrogens is 394 g/mol. The Balaban J connectivity index is 1.65. The Kier molecular flexibility index (Phi) is 6.90. The van der Waals surface area contributed by atoms with Gasteiger partial charge in [-0.2, -0.15) is 0 Å². The number of likely N-dealkylation sites (N-methyl/N-ethyl adjacent to an activating group) is 1. The molecule has 0 radical (unpaired) electrons. The zero-order valence-corrected chi connectivity index (χ0v) is 18.7. The van der Waals surface area contributed by atoms with Crippen LogP contribution in [0.25, 0.3) is 9.53 Å². The van der Waals surface area contributed by atoms with E-state index in [2.05, 4.69) is 23.6 Å². The third-order valence-corrected chi connectivity index (χ3v) is 7.27. The van der Waals surface area contributed by atoms with E-state index in [4.69, 9.17) is 4.98 Å². The second kappa shape index (κ2) is 9.19. The Morgan fingerprint density at radius 1 is 1.11 bits per heavy atom. The first-order chi connectivity index (χ1) is 13.4. The van der Waals surface area contributed by atoms with E-state index in [-0.39, 0.29) is 11.8 Å². The van der Waals surface area contributed by atoms with Crippen molar-refractivity contribution in [1.29, 1.82) is 0 Å². The van der Waals surface area contributed by atoms with E-state index in [9.17, 15) is 9.59 Å². The number of carbonyl (C=O) groups is 2. The summed E-state index contributed by atoms with van der Waals surface area (Å²) in [7, 11) is 3.55. The number of thiophene rings is 1. The van der Waals surface area contributed by atoms with Crippen LogP contribution in [0, 0.1) is 0 Å². The van der Waals surface area contributed by atoms with Gasteiger partial charge >= 0.3 is 0 Å². The highest BCUT2D eigenvalue weighted by Gasteiger charge is 2.24. The lowest BCUT2D eigenvalue weighted by Gasteiger charge is -2.22. The van der Waals surface area contributed by atoms with Gasteiger partial charge in [0.1, 0.15) is 4.83 Å². The maximum Gasteiger partial charge on any atom is 0.264 e. The Hall–Kier alpha value is -1.71. The number of fused-ring (bicyclic) bond motifs is 1. The Bertz CT molecular complexity index is 796.